The molecule has 1 rings (SSSR count). The lowest BCUT2D eigenvalue weighted by Gasteiger charge is -2.10. The molecule has 0 fully saturated rings. The Morgan fingerprint density at radius 1 is 1.47 bits per heavy atom. The summed E-state index contributed by atoms with van der Waals surface area (Å²) in [5.41, 5.74) is 0.425. The second-order valence-electron chi connectivity index (χ2n) is 3.67. The van der Waals surface area contributed by atoms with E-state index in [1.165, 1.54) is 19.2 Å². The number of benzene rings is 1. The highest BCUT2D eigenvalue weighted by Gasteiger charge is 2.07. The van der Waals surface area contributed by atoms with Gasteiger partial charge in [-0.15, -0.1) is 5.11 Å². The zero-order chi connectivity index (χ0) is 14.5. The highest BCUT2D eigenvalue weighted by molar-refractivity contribution is 7.85. The maximum atomic E-state index is 10.6. The van der Waals surface area contributed by atoms with Gasteiger partial charge in [0.25, 0.3) is 10.1 Å². The summed E-state index contributed by atoms with van der Waals surface area (Å²) in [7, 11) is -0.987. The Morgan fingerprint density at radius 2 is 2.16 bits per heavy atom. The lowest BCUT2D eigenvalue weighted by Crippen LogP contribution is -2.20. The summed E-state index contributed by atoms with van der Waals surface area (Å²) < 4.78 is 34.8. The van der Waals surface area contributed by atoms with E-state index in [9.17, 15) is 8.42 Å². The van der Waals surface area contributed by atoms with Crippen molar-refractivity contribution >= 4 is 27.4 Å². The van der Waals surface area contributed by atoms with Gasteiger partial charge in [0.15, 0.2) is 0 Å². The molecule has 0 radical (unpaired) electrons. The molecule has 1 aromatic rings. The fourth-order valence-electron chi connectivity index (χ4n) is 1.16. The van der Waals surface area contributed by atoms with Crippen LogP contribution < -0.4 is 4.74 Å². The van der Waals surface area contributed by atoms with Crippen LogP contribution in [0.1, 0.15) is 0 Å². The number of ether oxygens (including phenoxy) is 1. The van der Waals surface area contributed by atoms with E-state index in [4.69, 9.17) is 20.9 Å². The fraction of sp³-hybridized carbons (Fsp3) is 0.400. The lowest BCUT2D eigenvalue weighted by atomic mass is 10.3. The van der Waals surface area contributed by atoms with Gasteiger partial charge in [0.2, 0.25) is 0 Å². The van der Waals surface area contributed by atoms with Gasteiger partial charge in [0.1, 0.15) is 11.4 Å². The summed E-state index contributed by atoms with van der Waals surface area (Å²) in [4.78, 5) is 0. The van der Waals surface area contributed by atoms with Crippen molar-refractivity contribution in [3.05, 3.63) is 23.2 Å². The van der Waals surface area contributed by atoms with Gasteiger partial charge in [-0.2, -0.15) is 8.42 Å². The summed E-state index contributed by atoms with van der Waals surface area (Å²) in [6.07, 6.45) is 0. The highest BCUT2D eigenvalue weighted by atomic mass is 35.5. The monoisotopic (exact) mass is 307 g/mol. The van der Waals surface area contributed by atoms with Gasteiger partial charge in [-0.25, -0.2) is 0 Å². The van der Waals surface area contributed by atoms with Crippen LogP contribution in [0.2, 0.25) is 5.02 Å². The molecule has 0 atom stereocenters. The first-order chi connectivity index (χ1) is 8.81. The van der Waals surface area contributed by atoms with E-state index in [1.807, 2.05) is 0 Å². The molecule has 0 bridgehead atoms. The van der Waals surface area contributed by atoms with Crippen LogP contribution in [0.5, 0.6) is 5.75 Å². The van der Waals surface area contributed by atoms with Gasteiger partial charge < -0.3 is 4.74 Å². The van der Waals surface area contributed by atoms with Crippen molar-refractivity contribution in [3.63, 3.8) is 0 Å². The molecule has 0 spiro atoms. The largest absolute Gasteiger partial charge is 0.494 e. The first kappa shape index (κ1) is 15.7. The van der Waals surface area contributed by atoms with Gasteiger partial charge >= 0.3 is 0 Å². The van der Waals surface area contributed by atoms with E-state index >= 15 is 0 Å². The SMILES string of the molecule is COc1ccc(Cl)cc1N=NN(C)CCS(=O)(=O)O. The minimum atomic E-state index is -4.01. The highest BCUT2D eigenvalue weighted by Crippen LogP contribution is 2.30. The molecule has 0 heterocycles. The molecule has 0 aromatic heterocycles. The van der Waals surface area contributed by atoms with Crippen molar-refractivity contribution in [1.29, 1.82) is 0 Å². The molecule has 106 valence electrons. The van der Waals surface area contributed by atoms with Gasteiger partial charge in [-0.3, -0.25) is 9.56 Å². The molecule has 1 aromatic carbocycles. The summed E-state index contributed by atoms with van der Waals surface area (Å²) in [5.74, 6) is 0.0752. The van der Waals surface area contributed by atoms with Crippen molar-refractivity contribution in [3.8, 4) is 5.75 Å². The predicted molar refractivity (Wildman–Crippen MR) is 71.6 cm³/mol. The molecule has 0 amide bonds. The summed E-state index contributed by atoms with van der Waals surface area (Å²) in [6, 6.07) is 4.87. The zero-order valence-corrected chi connectivity index (χ0v) is 12.0. The van der Waals surface area contributed by atoms with Gasteiger partial charge in [0.05, 0.1) is 19.4 Å². The third-order valence-corrected chi connectivity index (χ3v) is 3.05. The zero-order valence-electron chi connectivity index (χ0n) is 10.4. The second kappa shape index (κ2) is 6.69. The maximum absolute atomic E-state index is 10.6. The van der Waals surface area contributed by atoms with Crippen molar-refractivity contribution in [2.45, 2.75) is 0 Å². The van der Waals surface area contributed by atoms with E-state index in [0.29, 0.717) is 16.5 Å². The molecule has 0 aliphatic heterocycles. The maximum Gasteiger partial charge on any atom is 0.266 e. The summed E-state index contributed by atoms with van der Waals surface area (Å²) in [6.45, 7) is 0.0191. The van der Waals surface area contributed by atoms with E-state index < -0.39 is 15.9 Å². The van der Waals surface area contributed by atoms with Crippen LogP contribution in [-0.2, 0) is 10.1 Å². The number of halogens is 1. The molecular formula is C10H14ClN3O4S. The molecule has 0 unspecified atom stereocenters. The lowest BCUT2D eigenvalue weighted by molar-refractivity contribution is 0.345. The predicted octanol–water partition coefficient (Wildman–Crippen LogP) is 2.17. The molecule has 0 saturated carbocycles. The first-order valence-electron chi connectivity index (χ1n) is 5.23. The molecule has 19 heavy (non-hydrogen) atoms. The van der Waals surface area contributed by atoms with Crippen LogP contribution in [-0.4, -0.2) is 44.4 Å². The molecule has 7 nitrogen and oxygen atoms in total. The Kier molecular flexibility index (Phi) is 5.52. The Morgan fingerprint density at radius 3 is 2.74 bits per heavy atom. The second-order valence-corrected chi connectivity index (χ2v) is 5.68. The van der Waals surface area contributed by atoms with Crippen molar-refractivity contribution in [1.82, 2.24) is 5.01 Å². The summed E-state index contributed by atoms with van der Waals surface area (Å²) >= 11 is 5.83. The Bertz CT molecular complexity index is 562. The minimum Gasteiger partial charge on any atom is -0.494 e. The van der Waals surface area contributed by atoms with Crippen LogP contribution in [0.15, 0.2) is 28.5 Å². The molecule has 9 heteroatoms. The Hall–Kier alpha value is -1.38. The van der Waals surface area contributed by atoms with Gasteiger partial charge in [-0.1, -0.05) is 16.8 Å². The molecule has 0 aliphatic carbocycles. The van der Waals surface area contributed by atoms with E-state index in [2.05, 4.69) is 10.3 Å². The van der Waals surface area contributed by atoms with Crippen molar-refractivity contribution in [2.75, 3.05) is 26.5 Å². The number of methoxy groups -OCH3 is 1. The topological polar surface area (TPSA) is 91.6 Å². The third-order valence-electron chi connectivity index (χ3n) is 2.12. The Balaban J connectivity index is 2.73. The third kappa shape index (κ3) is 5.86. The molecule has 0 saturated heterocycles. The van der Waals surface area contributed by atoms with Gasteiger partial charge in [-0.05, 0) is 18.2 Å². The molecule has 1 N–H and O–H groups in total. The fourth-order valence-corrected chi connectivity index (χ4v) is 1.82. The van der Waals surface area contributed by atoms with Crippen molar-refractivity contribution in [2.24, 2.45) is 10.3 Å². The standard InChI is InChI=1S/C10H14ClN3O4S/c1-14(5-6-19(15,16)17)13-12-9-7-8(11)3-4-10(9)18-2/h3-4,7H,5-6H2,1-2H3,(H,15,16,17). The van der Waals surface area contributed by atoms with Crippen LogP contribution in [0.4, 0.5) is 5.69 Å². The van der Waals surface area contributed by atoms with E-state index in [-0.39, 0.29) is 6.54 Å². The number of rotatable bonds is 6. The Labute approximate surface area is 116 Å². The van der Waals surface area contributed by atoms with Crippen molar-refractivity contribution < 1.29 is 17.7 Å². The number of hydrogen-bond donors (Lipinski definition) is 1. The first-order valence-corrected chi connectivity index (χ1v) is 7.22. The normalized spacial score (nSPS) is 11.8. The smallest absolute Gasteiger partial charge is 0.266 e. The number of nitrogens with zero attached hydrogens (tertiary/aromatic N) is 3. The van der Waals surface area contributed by atoms with Crippen LogP contribution >= 0.6 is 11.6 Å². The quantitative estimate of drug-likeness (QED) is 0.494. The van der Waals surface area contributed by atoms with E-state index in [1.54, 1.807) is 18.2 Å². The summed E-state index contributed by atoms with van der Waals surface area (Å²) in [5, 5.41) is 9.46. The molecular weight excluding hydrogens is 294 g/mol. The number of hydrogen-bond acceptors (Lipinski definition) is 5. The van der Waals surface area contributed by atoms with E-state index in [0.717, 1.165) is 0 Å². The van der Waals surface area contributed by atoms with Gasteiger partial charge in [0, 0.05) is 12.1 Å². The molecule has 0 aliphatic rings. The van der Waals surface area contributed by atoms with Crippen LogP contribution in [0, 0.1) is 0 Å². The average molecular weight is 308 g/mol. The minimum absolute atomic E-state index is 0.0191. The van der Waals surface area contributed by atoms with Crippen LogP contribution in [0.25, 0.3) is 0 Å². The average Bonchev–Trinajstić information content (AvgIpc) is 2.33. The van der Waals surface area contributed by atoms with Crippen LogP contribution in [0.3, 0.4) is 0 Å².